The molecule has 0 aromatic carbocycles. The summed E-state index contributed by atoms with van der Waals surface area (Å²) in [5, 5.41) is 0. The van der Waals surface area contributed by atoms with Gasteiger partial charge in [-0.05, 0) is 13.8 Å². The van der Waals surface area contributed by atoms with E-state index in [4.69, 9.17) is 4.74 Å². The van der Waals surface area contributed by atoms with Crippen LogP contribution in [0.25, 0.3) is 0 Å². The Morgan fingerprint density at radius 1 is 1.44 bits per heavy atom. The molecule has 0 N–H and O–H groups in total. The molecule has 1 heterocycles. The van der Waals surface area contributed by atoms with Crippen molar-refractivity contribution in [3.8, 4) is 5.75 Å². The highest BCUT2D eigenvalue weighted by atomic mass is 16.5. The van der Waals surface area contributed by atoms with Gasteiger partial charge in [0.2, 0.25) is 0 Å². The van der Waals surface area contributed by atoms with Crippen molar-refractivity contribution in [1.82, 2.24) is 4.57 Å². The van der Waals surface area contributed by atoms with Crippen LogP contribution in [0.1, 0.15) is 23.1 Å². The molecule has 0 saturated carbocycles. The average molecular weight is 225 g/mol. The van der Waals surface area contributed by atoms with Crippen LogP contribution in [-0.4, -0.2) is 30.0 Å². The number of methoxy groups -OCH3 is 1. The smallest absolute Gasteiger partial charge is 0.381 e. The minimum absolute atomic E-state index is 0.186. The van der Waals surface area contributed by atoms with E-state index in [-0.39, 0.29) is 12.3 Å². The van der Waals surface area contributed by atoms with E-state index in [9.17, 15) is 9.59 Å². The molecule has 1 aromatic heterocycles. The van der Waals surface area contributed by atoms with Gasteiger partial charge < -0.3 is 14.0 Å². The zero-order valence-corrected chi connectivity index (χ0v) is 9.86. The Labute approximate surface area is 94.0 Å². The molecule has 0 radical (unpaired) electrons. The standard InChI is InChI=1S/C11H15NO4/c1-5-16-11(14)10(13)8-6-9(15-4)7(2)12(8)3/h6H,5H2,1-4H3. The number of hydrogen-bond acceptors (Lipinski definition) is 4. The number of aromatic nitrogens is 1. The normalized spacial score (nSPS) is 10.0. The summed E-state index contributed by atoms with van der Waals surface area (Å²) in [6.07, 6.45) is 0. The zero-order valence-electron chi connectivity index (χ0n) is 9.86. The van der Waals surface area contributed by atoms with Crippen LogP contribution in [0.3, 0.4) is 0 Å². The Morgan fingerprint density at radius 2 is 2.06 bits per heavy atom. The van der Waals surface area contributed by atoms with Crippen molar-refractivity contribution in [1.29, 1.82) is 0 Å². The monoisotopic (exact) mass is 225 g/mol. The van der Waals surface area contributed by atoms with E-state index < -0.39 is 11.8 Å². The molecule has 16 heavy (non-hydrogen) atoms. The highest BCUT2D eigenvalue weighted by Gasteiger charge is 2.23. The molecular formula is C11H15NO4. The third-order valence-corrected chi connectivity index (χ3v) is 2.40. The summed E-state index contributed by atoms with van der Waals surface area (Å²) in [7, 11) is 3.21. The van der Waals surface area contributed by atoms with Gasteiger partial charge in [-0.1, -0.05) is 0 Å². The van der Waals surface area contributed by atoms with Crippen LogP contribution < -0.4 is 4.74 Å². The van der Waals surface area contributed by atoms with Crippen molar-refractivity contribution in [2.75, 3.05) is 13.7 Å². The molecule has 0 amide bonds. The molecule has 1 rings (SSSR count). The molecular weight excluding hydrogens is 210 g/mol. The van der Waals surface area contributed by atoms with E-state index in [1.54, 1.807) is 25.5 Å². The molecule has 5 nitrogen and oxygen atoms in total. The topological polar surface area (TPSA) is 57.5 Å². The van der Waals surface area contributed by atoms with Gasteiger partial charge in [0, 0.05) is 13.1 Å². The first-order chi connectivity index (χ1) is 7.52. The van der Waals surface area contributed by atoms with Crippen molar-refractivity contribution in [3.63, 3.8) is 0 Å². The number of Topliss-reactive ketones (excluding diaryl/α,β-unsaturated/α-hetero) is 1. The number of ketones is 1. The Morgan fingerprint density at radius 3 is 2.50 bits per heavy atom. The summed E-state index contributed by atoms with van der Waals surface area (Å²) in [5.41, 5.74) is 1.06. The third-order valence-electron chi connectivity index (χ3n) is 2.40. The van der Waals surface area contributed by atoms with Gasteiger partial charge >= 0.3 is 5.97 Å². The fourth-order valence-corrected chi connectivity index (χ4v) is 1.40. The summed E-state index contributed by atoms with van der Waals surface area (Å²) >= 11 is 0. The summed E-state index contributed by atoms with van der Waals surface area (Å²) < 4.78 is 11.3. The van der Waals surface area contributed by atoms with E-state index in [0.29, 0.717) is 5.75 Å². The van der Waals surface area contributed by atoms with E-state index in [1.807, 2.05) is 0 Å². The second-order valence-electron chi connectivity index (χ2n) is 3.29. The first-order valence-corrected chi connectivity index (χ1v) is 4.94. The summed E-state index contributed by atoms with van der Waals surface area (Å²) in [6.45, 7) is 3.65. The van der Waals surface area contributed by atoms with Gasteiger partial charge in [-0.25, -0.2) is 4.79 Å². The third kappa shape index (κ3) is 2.08. The fourth-order valence-electron chi connectivity index (χ4n) is 1.40. The van der Waals surface area contributed by atoms with E-state index >= 15 is 0 Å². The maximum atomic E-state index is 11.7. The SMILES string of the molecule is CCOC(=O)C(=O)c1cc(OC)c(C)n1C. The molecule has 0 aliphatic carbocycles. The van der Waals surface area contributed by atoms with Gasteiger partial charge in [-0.15, -0.1) is 0 Å². The fraction of sp³-hybridized carbons (Fsp3) is 0.455. The quantitative estimate of drug-likeness (QED) is 0.437. The summed E-state index contributed by atoms with van der Waals surface area (Å²) in [6, 6.07) is 1.54. The van der Waals surface area contributed by atoms with Crippen molar-refractivity contribution in [2.24, 2.45) is 7.05 Å². The highest BCUT2D eigenvalue weighted by molar-refractivity contribution is 6.40. The molecule has 0 aliphatic heterocycles. The Balaban J connectivity index is 3.05. The second-order valence-corrected chi connectivity index (χ2v) is 3.29. The predicted octanol–water partition coefficient (Wildman–Crippen LogP) is 1.09. The highest BCUT2D eigenvalue weighted by Crippen LogP contribution is 2.22. The summed E-state index contributed by atoms with van der Waals surface area (Å²) in [5.74, 6) is -0.920. The van der Waals surface area contributed by atoms with Crippen molar-refractivity contribution < 1.29 is 19.1 Å². The van der Waals surface area contributed by atoms with Crippen LogP contribution in [0.5, 0.6) is 5.75 Å². The lowest BCUT2D eigenvalue weighted by molar-refractivity contribution is -0.137. The number of carbonyl (C=O) groups is 2. The summed E-state index contributed by atoms with van der Waals surface area (Å²) in [4.78, 5) is 23.0. The first kappa shape index (κ1) is 12.3. The maximum absolute atomic E-state index is 11.7. The predicted molar refractivity (Wildman–Crippen MR) is 57.7 cm³/mol. The number of hydrogen-bond donors (Lipinski definition) is 0. The number of esters is 1. The molecule has 88 valence electrons. The second kappa shape index (κ2) is 4.83. The van der Waals surface area contributed by atoms with Crippen LogP contribution >= 0.6 is 0 Å². The van der Waals surface area contributed by atoms with Gasteiger partial charge in [0.05, 0.1) is 19.4 Å². The zero-order chi connectivity index (χ0) is 12.3. The molecule has 0 spiro atoms. The number of nitrogens with zero attached hydrogens (tertiary/aromatic N) is 1. The lowest BCUT2D eigenvalue weighted by Gasteiger charge is -2.03. The van der Waals surface area contributed by atoms with Gasteiger partial charge in [-0.2, -0.15) is 0 Å². The van der Waals surface area contributed by atoms with E-state index in [1.165, 1.54) is 13.2 Å². The molecule has 5 heteroatoms. The number of carbonyl (C=O) groups excluding carboxylic acids is 2. The Hall–Kier alpha value is -1.78. The van der Waals surface area contributed by atoms with Gasteiger partial charge in [-0.3, -0.25) is 4.79 Å². The first-order valence-electron chi connectivity index (χ1n) is 4.94. The molecule has 0 fully saturated rings. The Kier molecular flexibility index (Phi) is 3.71. The molecule has 0 atom stereocenters. The van der Waals surface area contributed by atoms with Crippen LogP contribution in [0.15, 0.2) is 6.07 Å². The van der Waals surface area contributed by atoms with Crippen LogP contribution in [-0.2, 0) is 16.6 Å². The van der Waals surface area contributed by atoms with Crippen molar-refractivity contribution in [2.45, 2.75) is 13.8 Å². The number of rotatable bonds is 4. The average Bonchev–Trinajstić information content (AvgIpc) is 2.55. The van der Waals surface area contributed by atoms with Gasteiger partial charge in [0.1, 0.15) is 11.4 Å². The lowest BCUT2D eigenvalue weighted by Crippen LogP contribution is -2.20. The molecule has 1 aromatic rings. The largest absolute Gasteiger partial charge is 0.495 e. The number of ether oxygens (including phenoxy) is 2. The lowest BCUT2D eigenvalue weighted by atomic mass is 10.3. The van der Waals surface area contributed by atoms with E-state index in [0.717, 1.165) is 5.69 Å². The molecule has 0 unspecified atom stereocenters. The van der Waals surface area contributed by atoms with Crippen LogP contribution in [0.4, 0.5) is 0 Å². The molecule has 0 bridgehead atoms. The van der Waals surface area contributed by atoms with Crippen molar-refractivity contribution >= 4 is 11.8 Å². The molecule has 0 aliphatic rings. The van der Waals surface area contributed by atoms with Crippen LogP contribution in [0.2, 0.25) is 0 Å². The Bertz CT molecular complexity index is 420. The van der Waals surface area contributed by atoms with Crippen molar-refractivity contribution in [3.05, 3.63) is 17.5 Å². The van der Waals surface area contributed by atoms with Gasteiger partial charge in [0.15, 0.2) is 0 Å². The van der Waals surface area contributed by atoms with Gasteiger partial charge in [0.25, 0.3) is 5.78 Å². The van der Waals surface area contributed by atoms with E-state index in [2.05, 4.69) is 4.74 Å². The minimum Gasteiger partial charge on any atom is -0.495 e. The minimum atomic E-state index is -0.842. The van der Waals surface area contributed by atoms with Crippen LogP contribution in [0, 0.1) is 6.92 Å². The maximum Gasteiger partial charge on any atom is 0.381 e. The molecule has 0 saturated heterocycles.